The predicted octanol–water partition coefficient (Wildman–Crippen LogP) is 3.28. The van der Waals surface area contributed by atoms with Crippen LogP contribution in [0.1, 0.15) is 40.0 Å². The minimum Gasteiger partial charge on any atom is -0.292 e. The molecule has 5 heteroatoms. The number of hydrogen-bond acceptors (Lipinski definition) is 2. The first-order valence-corrected chi connectivity index (χ1v) is 5.64. The lowest BCUT2D eigenvalue weighted by atomic mass is 9.71. The Bertz CT molecular complexity index is 228. The average molecular weight is 239 g/mol. The second-order valence-electron chi connectivity index (χ2n) is 5.51. The van der Waals surface area contributed by atoms with Crippen molar-refractivity contribution in [3.8, 4) is 0 Å². The molecule has 16 heavy (non-hydrogen) atoms. The van der Waals surface area contributed by atoms with Crippen LogP contribution in [0.5, 0.6) is 0 Å². The van der Waals surface area contributed by atoms with Gasteiger partial charge in [0.15, 0.2) is 6.61 Å². The van der Waals surface area contributed by atoms with E-state index in [0.29, 0.717) is 11.3 Å². The van der Waals surface area contributed by atoms with Gasteiger partial charge in [-0.2, -0.15) is 18.7 Å². The van der Waals surface area contributed by atoms with Gasteiger partial charge in [-0.05, 0) is 30.6 Å². The van der Waals surface area contributed by atoms with E-state index in [1.807, 2.05) is 0 Å². The van der Waals surface area contributed by atoms with Crippen molar-refractivity contribution in [2.24, 2.45) is 11.3 Å². The monoisotopic (exact) mass is 239 g/mol. The first-order chi connectivity index (χ1) is 7.20. The summed E-state index contributed by atoms with van der Waals surface area (Å²) in [5, 5.41) is 0. The van der Waals surface area contributed by atoms with Gasteiger partial charge in [0, 0.05) is 6.04 Å². The molecule has 0 aromatic carbocycles. The summed E-state index contributed by atoms with van der Waals surface area (Å²) in [7, 11) is 0. The lowest BCUT2D eigenvalue weighted by Crippen LogP contribution is -2.42. The molecule has 2 unspecified atom stereocenters. The smallest absolute Gasteiger partial charge is 0.292 e. The Kier molecular flexibility index (Phi) is 4.23. The third kappa shape index (κ3) is 4.70. The number of alkyl halides is 3. The maximum atomic E-state index is 11.9. The van der Waals surface area contributed by atoms with Crippen molar-refractivity contribution in [3.05, 3.63) is 0 Å². The second-order valence-corrected chi connectivity index (χ2v) is 5.51. The summed E-state index contributed by atoms with van der Waals surface area (Å²) in [5.74, 6) is 0.344. The van der Waals surface area contributed by atoms with Crippen LogP contribution >= 0.6 is 0 Å². The molecule has 1 fully saturated rings. The Morgan fingerprint density at radius 3 is 2.50 bits per heavy atom. The fraction of sp³-hybridized carbons (Fsp3) is 1.00. The van der Waals surface area contributed by atoms with Crippen molar-refractivity contribution in [2.45, 2.75) is 52.3 Å². The summed E-state index contributed by atoms with van der Waals surface area (Å²) < 4.78 is 35.6. The highest BCUT2D eigenvalue weighted by atomic mass is 19.4. The van der Waals surface area contributed by atoms with Gasteiger partial charge in [0.25, 0.3) is 0 Å². The summed E-state index contributed by atoms with van der Waals surface area (Å²) in [5.41, 5.74) is 2.84. The maximum Gasteiger partial charge on any atom is 0.413 e. The van der Waals surface area contributed by atoms with E-state index in [2.05, 4.69) is 31.1 Å². The van der Waals surface area contributed by atoms with Crippen LogP contribution in [-0.4, -0.2) is 18.8 Å². The predicted molar refractivity (Wildman–Crippen MR) is 55.7 cm³/mol. The van der Waals surface area contributed by atoms with Gasteiger partial charge in [0.05, 0.1) is 0 Å². The van der Waals surface area contributed by atoms with Gasteiger partial charge in [-0.15, -0.1) is 0 Å². The summed E-state index contributed by atoms with van der Waals surface area (Å²) in [6.07, 6.45) is -1.36. The molecule has 0 aliphatic heterocycles. The van der Waals surface area contributed by atoms with Gasteiger partial charge in [-0.3, -0.25) is 4.84 Å². The maximum absolute atomic E-state index is 11.9. The Labute approximate surface area is 94.5 Å². The molecule has 0 radical (unpaired) electrons. The Morgan fingerprint density at radius 2 is 2.00 bits per heavy atom. The number of halogens is 3. The van der Waals surface area contributed by atoms with E-state index in [1.54, 1.807) is 0 Å². The third-order valence-corrected chi connectivity index (χ3v) is 3.16. The average Bonchev–Trinajstić information content (AvgIpc) is 2.06. The molecule has 1 aliphatic carbocycles. The highest BCUT2D eigenvalue weighted by molar-refractivity contribution is 4.85. The van der Waals surface area contributed by atoms with E-state index in [0.717, 1.165) is 19.3 Å². The van der Waals surface area contributed by atoms with E-state index < -0.39 is 12.8 Å². The minimum atomic E-state index is -4.26. The quantitative estimate of drug-likeness (QED) is 0.763. The molecule has 0 amide bonds. The zero-order valence-corrected chi connectivity index (χ0v) is 10.0. The van der Waals surface area contributed by atoms with Crippen LogP contribution in [0.3, 0.4) is 0 Å². The van der Waals surface area contributed by atoms with Gasteiger partial charge >= 0.3 is 6.18 Å². The zero-order chi connectivity index (χ0) is 12.4. The van der Waals surface area contributed by atoms with Crippen LogP contribution in [0, 0.1) is 11.3 Å². The van der Waals surface area contributed by atoms with Crippen LogP contribution in [-0.2, 0) is 4.84 Å². The van der Waals surface area contributed by atoms with Gasteiger partial charge < -0.3 is 0 Å². The molecule has 2 nitrogen and oxygen atoms in total. The second kappa shape index (κ2) is 4.92. The van der Waals surface area contributed by atoms with Crippen molar-refractivity contribution in [1.29, 1.82) is 0 Å². The number of hydrogen-bond donors (Lipinski definition) is 1. The van der Waals surface area contributed by atoms with Gasteiger partial charge in [0.1, 0.15) is 0 Å². The molecule has 0 spiro atoms. The number of nitrogens with one attached hydrogen (secondary N) is 1. The fourth-order valence-electron chi connectivity index (χ4n) is 2.35. The normalized spacial score (nSPS) is 30.4. The summed E-state index contributed by atoms with van der Waals surface area (Å²) in [4.78, 5) is 4.50. The van der Waals surface area contributed by atoms with Crippen molar-refractivity contribution in [3.63, 3.8) is 0 Å². The van der Waals surface area contributed by atoms with Crippen molar-refractivity contribution in [2.75, 3.05) is 6.61 Å². The van der Waals surface area contributed by atoms with Gasteiger partial charge in [-0.25, -0.2) is 0 Å². The minimum absolute atomic E-state index is 0.0374. The zero-order valence-electron chi connectivity index (χ0n) is 10.0. The molecule has 0 aromatic rings. The molecule has 1 N–H and O–H groups in total. The van der Waals surface area contributed by atoms with Crippen LogP contribution < -0.4 is 5.48 Å². The molecule has 0 bridgehead atoms. The lowest BCUT2D eigenvalue weighted by molar-refractivity contribution is -0.196. The van der Waals surface area contributed by atoms with E-state index in [1.165, 1.54) is 0 Å². The molecular weight excluding hydrogens is 219 g/mol. The molecule has 1 saturated carbocycles. The molecule has 1 rings (SSSR count). The van der Waals surface area contributed by atoms with Crippen molar-refractivity contribution < 1.29 is 18.0 Å². The third-order valence-electron chi connectivity index (χ3n) is 3.16. The topological polar surface area (TPSA) is 21.3 Å². The largest absolute Gasteiger partial charge is 0.413 e. The Morgan fingerprint density at radius 1 is 1.38 bits per heavy atom. The molecule has 0 aromatic heterocycles. The molecular formula is C11H20F3NO. The van der Waals surface area contributed by atoms with E-state index in [9.17, 15) is 13.2 Å². The Hall–Kier alpha value is -0.290. The van der Waals surface area contributed by atoms with E-state index >= 15 is 0 Å². The van der Waals surface area contributed by atoms with Crippen LogP contribution in [0.4, 0.5) is 13.2 Å². The van der Waals surface area contributed by atoms with E-state index in [4.69, 9.17) is 0 Å². The van der Waals surface area contributed by atoms with Crippen LogP contribution in [0.2, 0.25) is 0 Å². The molecule has 1 aliphatic rings. The lowest BCUT2D eigenvalue weighted by Gasteiger charge is -2.39. The van der Waals surface area contributed by atoms with Gasteiger partial charge in [0.2, 0.25) is 0 Å². The molecule has 0 saturated heterocycles. The van der Waals surface area contributed by atoms with Crippen molar-refractivity contribution in [1.82, 2.24) is 5.48 Å². The van der Waals surface area contributed by atoms with Gasteiger partial charge in [-0.1, -0.05) is 20.8 Å². The number of rotatable bonds is 3. The summed E-state index contributed by atoms with van der Waals surface area (Å²) in [6, 6.07) is 0.0374. The molecule has 96 valence electrons. The SMILES string of the molecule is CC1CC(C)(C)CCC1NOCC(F)(F)F. The van der Waals surface area contributed by atoms with E-state index in [-0.39, 0.29) is 6.04 Å². The van der Waals surface area contributed by atoms with Crippen molar-refractivity contribution >= 4 is 0 Å². The Balaban J connectivity index is 2.29. The first-order valence-electron chi connectivity index (χ1n) is 5.64. The standard InChI is InChI=1S/C11H20F3NO/c1-8-6-10(2,3)5-4-9(8)15-16-7-11(12,13)14/h8-9,15H,4-7H2,1-3H3. The highest BCUT2D eigenvalue weighted by Gasteiger charge is 2.33. The number of hydroxylamine groups is 1. The molecule has 2 atom stereocenters. The first kappa shape index (κ1) is 13.8. The van der Waals surface area contributed by atoms with Crippen LogP contribution in [0.25, 0.3) is 0 Å². The van der Waals surface area contributed by atoms with Crippen LogP contribution in [0.15, 0.2) is 0 Å². The fourth-order valence-corrected chi connectivity index (χ4v) is 2.35. The summed E-state index contributed by atoms with van der Waals surface area (Å²) in [6.45, 7) is 5.21. The highest BCUT2D eigenvalue weighted by Crippen LogP contribution is 2.38. The summed E-state index contributed by atoms with van der Waals surface area (Å²) >= 11 is 0. The molecule has 0 heterocycles.